The minimum atomic E-state index is -0.719. The largest absolute Gasteiger partial charge is 0.481 e. The second kappa shape index (κ2) is 3.87. The molecule has 1 saturated carbocycles. The van der Waals surface area contributed by atoms with Gasteiger partial charge in [-0.25, -0.2) is 0 Å². The van der Waals surface area contributed by atoms with E-state index in [1.807, 2.05) is 0 Å². The van der Waals surface area contributed by atoms with Gasteiger partial charge in [0.2, 0.25) is 0 Å². The predicted octanol–water partition coefficient (Wildman–Crippen LogP) is 3.31. The van der Waals surface area contributed by atoms with Gasteiger partial charge in [-0.15, -0.1) is 0 Å². The summed E-state index contributed by atoms with van der Waals surface area (Å²) in [6, 6.07) is 0. The van der Waals surface area contributed by atoms with Crippen LogP contribution in [0.15, 0.2) is 0 Å². The van der Waals surface area contributed by atoms with Crippen LogP contribution >= 0.6 is 63.7 Å². The summed E-state index contributed by atoms with van der Waals surface area (Å²) in [6.07, 6.45) is 0.722. The van der Waals surface area contributed by atoms with Crippen LogP contribution in [-0.2, 0) is 4.79 Å². The molecule has 0 amide bonds. The lowest BCUT2D eigenvalue weighted by Gasteiger charge is -2.21. The van der Waals surface area contributed by atoms with Crippen molar-refractivity contribution in [1.82, 2.24) is 0 Å². The van der Waals surface area contributed by atoms with Gasteiger partial charge in [0, 0.05) is 5.92 Å². The highest BCUT2D eigenvalue weighted by Crippen LogP contribution is 2.58. The summed E-state index contributed by atoms with van der Waals surface area (Å²) in [5, 5.41) is 8.70. The van der Waals surface area contributed by atoms with E-state index < -0.39 is 5.97 Å². The fraction of sp³-hybridized carbons (Fsp3) is 0.833. The fourth-order valence-electron chi connectivity index (χ4n) is 1.06. The molecule has 0 saturated heterocycles. The maximum absolute atomic E-state index is 10.6. The quantitative estimate of drug-likeness (QED) is 0.699. The molecule has 1 rings (SSSR count). The van der Waals surface area contributed by atoms with Crippen LogP contribution in [0.4, 0.5) is 0 Å². The number of alkyl halides is 4. The number of rotatable bonds is 3. The van der Waals surface area contributed by atoms with Crippen LogP contribution in [0.25, 0.3) is 0 Å². The van der Waals surface area contributed by atoms with E-state index in [1.165, 1.54) is 0 Å². The third kappa shape index (κ3) is 2.25. The SMILES string of the molecule is O=C(O)C1CC1C(Br)(Br)C(Br)Br. The first-order valence-electron chi connectivity index (χ1n) is 3.26. The minimum Gasteiger partial charge on any atom is -0.481 e. The molecule has 0 spiro atoms. The molecule has 0 aromatic heterocycles. The van der Waals surface area contributed by atoms with Gasteiger partial charge in [0.15, 0.2) is 0 Å². The molecule has 0 bridgehead atoms. The van der Waals surface area contributed by atoms with E-state index in [1.54, 1.807) is 0 Å². The number of carbonyl (C=O) groups is 1. The van der Waals surface area contributed by atoms with Crippen LogP contribution in [0, 0.1) is 11.8 Å². The fourth-order valence-corrected chi connectivity index (χ4v) is 2.75. The van der Waals surface area contributed by atoms with E-state index >= 15 is 0 Å². The molecule has 0 aromatic rings. The summed E-state index contributed by atoms with van der Waals surface area (Å²) in [7, 11) is 0. The second-order valence-electron chi connectivity index (χ2n) is 2.76. The van der Waals surface area contributed by atoms with Crippen molar-refractivity contribution in [3.63, 3.8) is 0 Å². The van der Waals surface area contributed by atoms with Crippen molar-refractivity contribution >= 4 is 69.7 Å². The topological polar surface area (TPSA) is 37.3 Å². The molecule has 0 aliphatic heterocycles. The molecule has 1 aliphatic rings. The van der Waals surface area contributed by atoms with Crippen molar-refractivity contribution in [3.8, 4) is 0 Å². The molecule has 1 fully saturated rings. The van der Waals surface area contributed by atoms with Gasteiger partial charge in [0.1, 0.15) is 3.23 Å². The van der Waals surface area contributed by atoms with Crippen molar-refractivity contribution in [2.75, 3.05) is 0 Å². The van der Waals surface area contributed by atoms with E-state index in [9.17, 15) is 4.79 Å². The lowest BCUT2D eigenvalue weighted by molar-refractivity contribution is -0.138. The van der Waals surface area contributed by atoms with Gasteiger partial charge in [0.25, 0.3) is 0 Å². The third-order valence-corrected chi connectivity index (χ3v) is 7.89. The molecule has 70 valence electrons. The molecule has 1 N–H and O–H groups in total. The maximum Gasteiger partial charge on any atom is 0.306 e. The van der Waals surface area contributed by atoms with Crippen molar-refractivity contribution < 1.29 is 9.90 Å². The summed E-state index contributed by atoms with van der Waals surface area (Å²) < 4.78 is -0.338. The molecule has 0 heterocycles. The Morgan fingerprint density at radius 1 is 1.50 bits per heavy atom. The number of carboxylic acid groups (broad SMARTS) is 1. The van der Waals surface area contributed by atoms with E-state index in [0.29, 0.717) is 0 Å². The first kappa shape index (κ1) is 11.5. The Labute approximate surface area is 104 Å². The summed E-state index contributed by atoms with van der Waals surface area (Å²) in [5.74, 6) is -0.802. The van der Waals surface area contributed by atoms with Crippen LogP contribution in [0.5, 0.6) is 0 Å². The normalized spacial score (nSPS) is 29.1. The molecule has 6 heteroatoms. The molecular weight excluding hydrogens is 424 g/mol. The maximum atomic E-state index is 10.6. The summed E-state index contributed by atoms with van der Waals surface area (Å²) in [6.45, 7) is 0. The number of aliphatic carboxylic acids is 1. The zero-order chi connectivity index (χ0) is 9.52. The highest BCUT2D eigenvalue weighted by atomic mass is 79.9. The van der Waals surface area contributed by atoms with Crippen LogP contribution in [-0.4, -0.2) is 18.0 Å². The highest BCUT2D eigenvalue weighted by Gasteiger charge is 2.56. The minimum absolute atomic E-state index is 0.0202. The van der Waals surface area contributed by atoms with Crippen molar-refractivity contribution in [2.24, 2.45) is 11.8 Å². The van der Waals surface area contributed by atoms with Gasteiger partial charge in [0.05, 0.1) is 9.65 Å². The number of hydrogen-bond donors (Lipinski definition) is 1. The van der Waals surface area contributed by atoms with Crippen LogP contribution in [0.3, 0.4) is 0 Å². The van der Waals surface area contributed by atoms with E-state index in [2.05, 4.69) is 63.7 Å². The van der Waals surface area contributed by atoms with Gasteiger partial charge >= 0.3 is 5.97 Å². The summed E-state index contributed by atoms with van der Waals surface area (Å²) in [5.41, 5.74) is 0. The number of hydrogen-bond acceptors (Lipinski definition) is 1. The Morgan fingerprint density at radius 3 is 2.25 bits per heavy atom. The van der Waals surface area contributed by atoms with Crippen LogP contribution in [0.1, 0.15) is 6.42 Å². The molecule has 12 heavy (non-hydrogen) atoms. The Bertz CT molecular complexity index is 204. The van der Waals surface area contributed by atoms with E-state index in [0.717, 1.165) is 6.42 Å². The van der Waals surface area contributed by atoms with Crippen molar-refractivity contribution in [3.05, 3.63) is 0 Å². The average molecular weight is 430 g/mol. The van der Waals surface area contributed by atoms with Crippen LogP contribution < -0.4 is 0 Å². The average Bonchev–Trinajstić information content (AvgIpc) is 2.63. The third-order valence-electron chi connectivity index (χ3n) is 1.89. The van der Waals surface area contributed by atoms with Gasteiger partial charge in [-0.3, -0.25) is 4.79 Å². The Morgan fingerprint density at radius 2 is 2.00 bits per heavy atom. The van der Waals surface area contributed by atoms with Gasteiger partial charge in [-0.2, -0.15) is 0 Å². The van der Waals surface area contributed by atoms with Crippen LogP contribution in [0.2, 0.25) is 0 Å². The first-order chi connectivity index (χ1) is 5.37. The number of halogens is 4. The molecule has 2 nitrogen and oxygen atoms in total. The monoisotopic (exact) mass is 426 g/mol. The molecule has 0 radical (unpaired) electrons. The second-order valence-corrected chi connectivity index (χ2v) is 9.51. The highest BCUT2D eigenvalue weighted by molar-refractivity contribution is 9.30. The zero-order valence-electron chi connectivity index (χ0n) is 5.81. The standard InChI is InChI=1S/C6H6Br4O2/c7-5(8)6(9,10)3-1-2(3)4(11)12/h2-3,5H,1H2,(H,11,12). The van der Waals surface area contributed by atoms with E-state index in [4.69, 9.17) is 5.11 Å². The van der Waals surface area contributed by atoms with Gasteiger partial charge in [-0.1, -0.05) is 63.7 Å². The Balaban J connectivity index is 2.57. The Hall–Kier alpha value is 1.39. The first-order valence-corrected chi connectivity index (χ1v) is 6.68. The zero-order valence-corrected chi connectivity index (χ0v) is 12.2. The van der Waals surface area contributed by atoms with Gasteiger partial charge in [-0.05, 0) is 6.42 Å². The lowest BCUT2D eigenvalue weighted by Crippen LogP contribution is -2.24. The lowest BCUT2D eigenvalue weighted by atomic mass is 10.2. The van der Waals surface area contributed by atoms with Crippen molar-refractivity contribution in [1.29, 1.82) is 0 Å². The molecular formula is C6H6Br4O2. The smallest absolute Gasteiger partial charge is 0.306 e. The molecule has 2 unspecified atom stereocenters. The Kier molecular flexibility index (Phi) is 3.69. The predicted molar refractivity (Wildman–Crippen MR) is 61.5 cm³/mol. The van der Waals surface area contributed by atoms with E-state index in [-0.39, 0.29) is 18.8 Å². The summed E-state index contributed by atoms with van der Waals surface area (Å²) >= 11 is 13.6. The number of carboxylic acids is 1. The molecule has 2 atom stereocenters. The molecule has 0 aromatic carbocycles. The van der Waals surface area contributed by atoms with Gasteiger partial charge < -0.3 is 5.11 Å². The summed E-state index contributed by atoms with van der Waals surface area (Å²) in [4.78, 5) is 10.6. The molecule has 1 aliphatic carbocycles. The van der Waals surface area contributed by atoms with Crippen molar-refractivity contribution in [2.45, 2.75) is 13.4 Å².